The van der Waals surface area contributed by atoms with E-state index in [9.17, 15) is 0 Å². The number of nitriles is 1. The summed E-state index contributed by atoms with van der Waals surface area (Å²) in [6.45, 7) is 5.11. The Kier molecular flexibility index (Phi) is 3.03. The highest BCUT2D eigenvalue weighted by Gasteiger charge is 2.28. The lowest BCUT2D eigenvalue weighted by Gasteiger charge is -2.40. The minimum Gasteiger partial charge on any atom is -0.301 e. The van der Waals surface area contributed by atoms with Gasteiger partial charge in [-0.1, -0.05) is 30.3 Å². The fraction of sp³-hybridized carbons (Fsp3) is 0.462. The quantitative estimate of drug-likeness (QED) is 0.748. The maximum atomic E-state index is 8.71. The van der Waals surface area contributed by atoms with Gasteiger partial charge in [0.05, 0.1) is 12.0 Å². The Balaban J connectivity index is 1.82. The fourth-order valence-corrected chi connectivity index (χ4v) is 2.08. The topological polar surface area (TPSA) is 27.0 Å². The number of benzene rings is 1. The van der Waals surface area contributed by atoms with Crippen molar-refractivity contribution in [3.05, 3.63) is 35.9 Å². The molecular formula is C13H16N2. The fourth-order valence-electron chi connectivity index (χ4n) is 2.08. The van der Waals surface area contributed by atoms with Crippen molar-refractivity contribution in [1.82, 2.24) is 4.90 Å². The Bertz CT molecular complexity index is 347. The van der Waals surface area contributed by atoms with Crippen molar-refractivity contribution in [2.75, 3.05) is 19.6 Å². The monoisotopic (exact) mass is 200 g/mol. The minimum absolute atomic E-state index is 0.154. The van der Waals surface area contributed by atoms with Gasteiger partial charge in [0.2, 0.25) is 0 Å². The molecule has 1 saturated heterocycles. The Hall–Kier alpha value is -1.33. The van der Waals surface area contributed by atoms with E-state index in [4.69, 9.17) is 5.26 Å². The van der Waals surface area contributed by atoms with E-state index in [0.717, 1.165) is 19.6 Å². The summed E-state index contributed by atoms with van der Waals surface area (Å²) >= 11 is 0. The molecule has 1 heterocycles. The van der Waals surface area contributed by atoms with Gasteiger partial charge in [-0.05, 0) is 12.5 Å². The zero-order valence-electron chi connectivity index (χ0n) is 9.06. The van der Waals surface area contributed by atoms with Crippen molar-refractivity contribution in [2.45, 2.75) is 12.8 Å². The summed E-state index contributed by atoms with van der Waals surface area (Å²) in [5.41, 5.74) is 1.43. The predicted molar refractivity (Wildman–Crippen MR) is 60.4 cm³/mol. The first-order valence-corrected chi connectivity index (χ1v) is 5.46. The second kappa shape index (κ2) is 4.46. The van der Waals surface area contributed by atoms with Crippen LogP contribution in [0.5, 0.6) is 0 Å². The second-order valence-electron chi connectivity index (χ2n) is 4.36. The van der Waals surface area contributed by atoms with Crippen LogP contribution in [0.15, 0.2) is 30.3 Å². The molecule has 1 aliphatic rings. The van der Waals surface area contributed by atoms with Gasteiger partial charge in [0.25, 0.3) is 0 Å². The van der Waals surface area contributed by atoms with E-state index < -0.39 is 0 Å². The highest BCUT2D eigenvalue weighted by molar-refractivity contribution is 5.22. The molecule has 1 aromatic rings. The first kappa shape index (κ1) is 10.2. The number of nitrogens with zero attached hydrogens (tertiary/aromatic N) is 2. The molecule has 2 rings (SSSR count). The molecule has 1 atom stereocenters. The Morgan fingerprint density at radius 1 is 1.40 bits per heavy atom. The number of rotatable bonds is 3. The van der Waals surface area contributed by atoms with Crippen molar-refractivity contribution in [3.63, 3.8) is 0 Å². The van der Waals surface area contributed by atoms with Gasteiger partial charge in [0.1, 0.15) is 0 Å². The molecule has 1 aromatic carbocycles. The lowest BCUT2D eigenvalue weighted by atomic mass is 9.91. The Morgan fingerprint density at radius 3 is 2.67 bits per heavy atom. The smallest absolute Gasteiger partial charge is 0.0666 e. The van der Waals surface area contributed by atoms with E-state index in [1.807, 2.05) is 6.92 Å². The van der Waals surface area contributed by atoms with Gasteiger partial charge in [-0.2, -0.15) is 5.26 Å². The molecule has 0 saturated carbocycles. The van der Waals surface area contributed by atoms with Crippen LogP contribution in [0.3, 0.4) is 0 Å². The van der Waals surface area contributed by atoms with E-state index >= 15 is 0 Å². The molecule has 0 N–H and O–H groups in total. The second-order valence-corrected chi connectivity index (χ2v) is 4.36. The Labute approximate surface area is 91.1 Å². The summed E-state index contributed by atoms with van der Waals surface area (Å²) in [6, 6.07) is 12.9. The van der Waals surface area contributed by atoms with Crippen LogP contribution in [0, 0.1) is 17.2 Å². The summed E-state index contributed by atoms with van der Waals surface area (Å²) in [6.07, 6.45) is 0. The van der Waals surface area contributed by atoms with Crippen molar-refractivity contribution >= 4 is 0 Å². The molecule has 0 radical (unpaired) electrons. The first-order valence-electron chi connectivity index (χ1n) is 5.46. The van der Waals surface area contributed by atoms with Gasteiger partial charge in [-0.15, -0.1) is 0 Å². The largest absolute Gasteiger partial charge is 0.301 e. The van der Waals surface area contributed by atoms with Crippen LogP contribution in [0.4, 0.5) is 0 Å². The summed E-state index contributed by atoms with van der Waals surface area (Å²) in [4.78, 5) is 2.35. The van der Waals surface area contributed by atoms with Gasteiger partial charge in [0, 0.05) is 25.6 Å². The third kappa shape index (κ3) is 2.37. The zero-order valence-corrected chi connectivity index (χ0v) is 9.06. The van der Waals surface area contributed by atoms with Crippen molar-refractivity contribution in [3.8, 4) is 6.07 Å². The zero-order chi connectivity index (χ0) is 10.7. The third-order valence-corrected chi connectivity index (χ3v) is 2.98. The summed E-state index contributed by atoms with van der Waals surface area (Å²) < 4.78 is 0. The Morgan fingerprint density at radius 2 is 2.07 bits per heavy atom. The molecule has 0 aliphatic carbocycles. The lowest BCUT2D eigenvalue weighted by Crippen LogP contribution is -2.46. The summed E-state index contributed by atoms with van der Waals surface area (Å²) in [7, 11) is 0. The molecule has 2 heteroatoms. The molecule has 0 bridgehead atoms. The van der Waals surface area contributed by atoms with E-state index in [1.54, 1.807) is 0 Å². The highest BCUT2D eigenvalue weighted by Crippen LogP contribution is 2.26. The molecule has 0 aromatic heterocycles. The predicted octanol–water partition coefficient (Wildman–Crippen LogP) is 2.25. The molecule has 1 unspecified atom stereocenters. The molecule has 2 nitrogen and oxygen atoms in total. The van der Waals surface area contributed by atoms with E-state index in [-0.39, 0.29) is 5.92 Å². The van der Waals surface area contributed by atoms with Crippen molar-refractivity contribution < 1.29 is 0 Å². The molecule has 0 amide bonds. The highest BCUT2D eigenvalue weighted by atomic mass is 15.2. The molecule has 0 spiro atoms. The lowest BCUT2D eigenvalue weighted by molar-refractivity contribution is 0.137. The average Bonchev–Trinajstić information content (AvgIpc) is 2.23. The normalized spacial score (nSPS) is 19.2. The van der Waals surface area contributed by atoms with Gasteiger partial charge >= 0.3 is 0 Å². The third-order valence-electron chi connectivity index (χ3n) is 2.98. The average molecular weight is 200 g/mol. The summed E-state index contributed by atoms with van der Waals surface area (Å²) in [5, 5.41) is 8.71. The number of hydrogen-bond donors (Lipinski definition) is 0. The molecular weight excluding hydrogens is 184 g/mol. The van der Waals surface area contributed by atoms with Crippen LogP contribution in [0.2, 0.25) is 0 Å². The first-order chi connectivity index (χ1) is 7.29. The SMILES string of the molecule is CC(C#N)CN1CC(c2ccccc2)C1. The molecule has 15 heavy (non-hydrogen) atoms. The van der Waals surface area contributed by atoms with Crippen LogP contribution in [0.1, 0.15) is 18.4 Å². The van der Waals surface area contributed by atoms with Crippen LogP contribution in [-0.2, 0) is 0 Å². The van der Waals surface area contributed by atoms with Crippen LogP contribution in [-0.4, -0.2) is 24.5 Å². The standard InChI is InChI=1S/C13H16N2/c1-11(7-14)8-15-9-13(10-15)12-5-3-2-4-6-12/h2-6,11,13H,8-10H2,1H3. The van der Waals surface area contributed by atoms with Crippen LogP contribution < -0.4 is 0 Å². The summed E-state index contributed by atoms with van der Waals surface area (Å²) in [5.74, 6) is 0.832. The minimum atomic E-state index is 0.154. The molecule has 1 fully saturated rings. The number of hydrogen-bond acceptors (Lipinski definition) is 2. The maximum absolute atomic E-state index is 8.71. The van der Waals surface area contributed by atoms with Crippen molar-refractivity contribution in [1.29, 1.82) is 5.26 Å². The van der Waals surface area contributed by atoms with Gasteiger partial charge in [0.15, 0.2) is 0 Å². The maximum Gasteiger partial charge on any atom is 0.0666 e. The number of likely N-dealkylation sites (tertiary alicyclic amines) is 1. The van der Waals surface area contributed by atoms with Crippen LogP contribution >= 0.6 is 0 Å². The van der Waals surface area contributed by atoms with E-state index in [2.05, 4.69) is 41.3 Å². The van der Waals surface area contributed by atoms with Crippen LogP contribution in [0.25, 0.3) is 0 Å². The van der Waals surface area contributed by atoms with Gasteiger partial charge < -0.3 is 4.90 Å². The van der Waals surface area contributed by atoms with Gasteiger partial charge in [-0.3, -0.25) is 0 Å². The van der Waals surface area contributed by atoms with E-state index in [0.29, 0.717) is 5.92 Å². The molecule has 1 aliphatic heterocycles. The molecule has 78 valence electrons. The van der Waals surface area contributed by atoms with Gasteiger partial charge in [-0.25, -0.2) is 0 Å². The van der Waals surface area contributed by atoms with E-state index in [1.165, 1.54) is 5.56 Å². The van der Waals surface area contributed by atoms with Crippen molar-refractivity contribution in [2.24, 2.45) is 5.92 Å².